The van der Waals surface area contributed by atoms with Gasteiger partial charge < -0.3 is 10.4 Å². The molecule has 6 heteroatoms. The molecule has 1 saturated heterocycles. The number of nitrogens with one attached hydrogen (secondary N) is 1. The molecule has 0 radical (unpaired) electrons. The van der Waals surface area contributed by atoms with E-state index in [1.54, 1.807) is 12.1 Å². The molecule has 1 aromatic heterocycles. The SMILES string of the molecule is CC(C)c1ccc(CC(O)N2CC(Nc3ccc(C#N)nn3)C2)cc1. The molecule has 3 rings (SSSR count). The number of aromatic nitrogens is 2. The van der Waals surface area contributed by atoms with Crippen LogP contribution < -0.4 is 5.32 Å². The molecular formula is C19H23N5O. The summed E-state index contributed by atoms with van der Waals surface area (Å²) in [5.41, 5.74) is 2.76. The predicted molar refractivity (Wildman–Crippen MR) is 96.0 cm³/mol. The minimum atomic E-state index is -0.477. The van der Waals surface area contributed by atoms with Crippen molar-refractivity contribution >= 4 is 5.82 Å². The van der Waals surface area contributed by atoms with Gasteiger partial charge in [-0.2, -0.15) is 5.26 Å². The van der Waals surface area contributed by atoms with Gasteiger partial charge in [0, 0.05) is 19.5 Å². The molecule has 2 aromatic rings. The van der Waals surface area contributed by atoms with Gasteiger partial charge in [0.05, 0.1) is 6.04 Å². The van der Waals surface area contributed by atoms with Crippen molar-refractivity contribution < 1.29 is 5.11 Å². The van der Waals surface area contributed by atoms with Gasteiger partial charge in [0.2, 0.25) is 0 Å². The fourth-order valence-corrected chi connectivity index (χ4v) is 2.90. The molecule has 2 N–H and O–H groups in total. The highest BCUT2D eigenvalue weighted by Gasteiger charge is 2.31. The first-order valence-electron chi connectivity index (χ1n) is 8.56. The van der Waals surface area contributed by atoms with E-state index in [0.717, 1.165) is 18.7 Å². The first kappa shape index (κ1) is 17.3. The highest BCUT2D eigenvalue weighted by atomic mass is 16.3. The Morgan fingerprint density at radius 1 is 1.20 bits per heavy atom. The fourth-order valence-electron chi connectivity index (χ4n) is 2.90. The number of hydrogen-bond acceptors (Lipinski definition) is 6. The van der Waals surface area contributed by atoms with E-state index in [1.165, 1.54) is 5.56 Å². The number of aliphatic hydroxyl groups excluding tert-OH is 1. The molecule has 0 aliphatic carbocycles. The number of aliphatic hydroxyl groups is 1. The maximum absolute atomic E-state index is 10.4. The second-order valence-electron chi connectivity index (χ2n) is 6.79. The second kappa shape index (κ2) is 7.60. The Morgan fingerprint density at radius 3 is 2.48 bits per heavy atom. The smallest absolute Gasteiger partial charge is 0.163 e. The Balaban J connectivity index is 1.46. The number of anilines is 1. The van der Waals surface area contributed by atoms with Crippen molar-refractivity contribution in [2.45, 2.75) is 38.5 Å². The number of rotatable bonds is 6. The first-order valence-corrected chi connectivity index (χ1v) is 8.56. The topological polar surface area (TPSA) is 85.1 Å². The average molecular weight is 337 g/mol. The molecule has 2 heterocycles. The summed E-state index contributed by atoms with van der Waals surface area (Å²) in [6.07, 6.45) is 0.150. The predicted octanol–water partition coefficient (Wildman–Crippen LogP) is 2.13. The Kier molecular flexibility index (Phi) is 5.27. The molecule has 0 amide bonds. The molecule has 1 aromatic carbocycles. The minimum Gasteiger partial charge on any atom is -0.378 e. The van der Waals surface area contributed by atoms with Crippen LogP contribution in [0, 0.1) is 11.3 Å². The van der Waals surface area contributed by atoms with Gasteiger partial charge in [0.15, 0.2) is 5.69 Å². The standard InChI is InChI=1S/C19H23N5O/c1-13(2)15-5-3-14(4-6-15)9-19(25)24-11-17(12-24)21-18-8-7-16(10-20)22-23-18/h3-8,13,17,19,25H,9,11-12H2,1-2H3,(H,21,23). The van der Waals surface area contributed by atoms with Crippen molar-refractivity contribution in [3.8, 4) is 6.07 Å². The molecule has 1 aliphatic rings. The molecular weight excluding hydrogens is 314 g/mol. The van der Waals surface area contributed by atoms with Crippen molar-refractivity contribution in [3.63, 3.8) is 0 Å². The number of nitrogens with zero attached hydrogens (tertiary/aromatic N) is 4. The zero-order chi connectivity index (χ0) is 17.8. The third-order valence-corrected chi connectivity index (χ3v) is 4.53. The van der Waals surface area contributed by atoms with E-state index in [4.69, 9.17) is 5.26 Å². The molecule has 25 heavy (non-hydrogen) atoms. The molecule has 130 valence electrons. The van der Waals surface area contributed by atoms with Gasteiger partial charge in [-0.15, -0.1) is 10.2 Å². The molecule has 1 atom stereocenters. The van der Waals surface area contributed by atoms with Crippen LogP contribution in [0.2, 0.25) is 0 Å². The molecule has 1 unspecified atom stereocenters. The van der Waals surface area contributed by atoms with E-state index in [1.807, 2.05) is 11.0 Å². The van der Waals surface area contributed by atoms with Crippen molar-refractivity contribution in [1.29, 1.82) is 5.26 Å². The van der Waals surface area contributed by atoms with Gasteiger partial charge in [-0.25, -0.2) is 0 Å². The lowest BCUT2D eigenvalue weighted by Crippen LogP contribution is -2.59. The summed E-state index contributed by atoms with van der Waals surface area (Å²) in [6.45, 7) is 5.87. The monoisotopic (exact) mass is 337 g/mol. The molecule has 1 fully saturated rings. The van der Waals surface area contributed by atoms with Crippen LogP contribution in [0.4, 0.5) is 5.82 Å². The summed E-state index contributed by atoms with van der Waals surface area (Å²) >= 11 is 0. The van der Waals surface area contributed by atoms with Gasteiger partial charge >= 0.3 is 0 Å². The highest BCUT2D eigenvalue weighted by Crippen LogP contribution is 2.19. The number of likely N-dealkylation sites (tertiary alicyclic amines) is 1. The Morgan fingerprint density at radius 2 is 1.92 bits per heavy atom. The van der Waals surface area contributed by atoms with Crippen molar-refractivity contribution in [1.82, 2.24) is 15.1 Å². The van der Waals surface area contributed by atoms with Gasteiger partial charge in [-0.05, 0) is 29.2 Å². The van der Waals surface area contributed by atoms with Crippen molar-refractivity contribution in [3.05, 3.63) is 53.2 Å². The fraction of sp³-hybridized carbons (Fsp3) is 0.421. The number of nitriles is 1. The Bertz CT molecular complexity index is 730. The summed E-state index contributed by atoms with van der Waals surface area (Å²) in [5.74, 6) is 1.17. The molecule has 1 aliphatic heterocycles. The largest absolute Gasteiger partial charge is 0.378 e. The minimum absolute atomic E-state index is 0.236. The third-order valence-electron chi connectivity index (χ3n) is 4.53. The quantitative estimate of drug-likeness (QED) is 0.840. The van der Waals surface area contributed by atoms with E-state index in [0.29, 0.717) is 23.9 Å². The summed E-state index contributed by atoms with van der Waals surface area (Å²) < 4.78 is 0. The second-order valence-corrected chi connectivity index (χ2v) is 6.79. The maximum atomic E-state index is 10.4. The zero-order valence-corrected chi connectivity index (χ0v) is 14.6. The lowest BCUT2D eigenvalue weighted by Gasteiger charge is -2.42. The normalized spacial score (nSPS) is 16.3. The van der Waals surface area contributed by atoms with Crippen LogP contribution in [-0.4, -0.2) is 45.6 Å². The van der Waals surface area contributed by atoms with Crippen LogP contribution in [0.5, 0.6) is 0 Å². The van der Waals surface area contributed by atoms with E-state index in [-0.39, 0.29) is 6.04 Å². The number of hydrogen-bond donors (Lipinski definition) is 2. The van der Waals surface area contributed by atoms with E-state index >= 15 is 0 Å². The average Bonchev–Trinajstić information content (AvgIpc) is 2.58. The highest BCUT2D eigenvalue weighted by molar-refractivity contribution is 5.37. The molecule has 0 spiro atoms. The zero-order valence-electron chi connectivity index (χ0n) is 14.6. The van der Waals surface area contributed by atoms with Crippen LogP contribution in [0.1, 0.15) is 36.6 Å². The van der Waals surface area contributed by atoms with Gasteiger partial charge in [0.25, 0.3) is 0 Å². The maximum Gasteiger partial charge on any atom is 0.163 e. The third kappa shape index (κ3) is 4.32. The lowest BCUT2D eigenvalue weighted by molar-refractivity contribution is -0.0393. The van der Waals surface area contributed by atoms with Gasteiger partial charge in [0.1, 0.15) is 18.1 Å². The van der Waals surface area contributed by atoms with Crippen LogP contribution in [0.25, 0.3) is 0 Å². The van der Waals surface area contributed by atoms with Crippen molar-refractivity contribution in [2.24, 2.45) is 0 Å². The summed E-state index contributed by atoms with van der Waals surface area (Å²) in [7, 11) is 0. The van der Waals surface area contributed by atoms with Crippen molar-refractivity contribution in [2.75, 3.05) is 18.4 Å². The van der Waals surface area contributed by atoms with E-state index < -0.39 is 6.23 Å². The molecule has 6 nitrogen and oxygen atoms in total. The first-order chi connectivity index (χ1) is 12.0. The van der Waals surface area contributed by atoms with E-state index in [9.17, 15) is 5.11 Å². The van der Waals surface area contributed by atoms with Gasteiger partial charge in [-0.3, -0.25) is 4.90 Å². The van der Waals surface area contributed by atoms with Crippen LogP contribution in [-0.2, 0) is 6.42 Å². The lowest BCUT2D eigenvalue weighted by atomic mass is 9.99. The Hall–Kier alpha value is -2.49. The summed E-state index contributed by atoms with van der Waals surface area (Å²) in [4.78, 5) is 2.03. The van der Waals surface area contributed by atoms with Gasteiger partial charge in [-0.1, -0.05) is 38.1 Å². The molecule has 0 bridgehead atoms. The Labute approximate surface area is 148 Å². The summed E-state index contributed by atoms with van der Waals surface area (Å²) in [6, 6.07) is 14.0. The van der Waals surface area contributed by atoms with Crippen LogP contribution in [0.3, 0.4) is 0 Å². The van der Waals surface area contributed by atoms with E-state index in [2.05, 4.69) is 53.6 Å². The van der Waals surface area contributed by atoms with Crippen LogP contribution in [0.15, 0.2) is 36.4 Å². The summed E-state index contributed by atoms with van der Waals surface area (Å²) in [5, 5.41) is 30.1. The van der Waals surface area contributed by atoms with Crippen LogP contribution >= 0.6 is 0 Å². The molecule has 0 saturated carbocycles. The number of benzene rings is 1.